The highest BCUT2D eigenvalue weighted by molar-refractivity contribution is 6.05. The SMILES string of the molecule is O=C(Nc1ccc(/C=C/c2ccc(NC(=O)[C@@H]3CCCN3C(=O)c3ccccc3C3C=CC=CC3)cc2)cc1)[C@@H]1CCCN1C(=O)c1ccccc1-c1ccccc1. The fourth-order valence-electron chi connectivity index (χ4n) is 8.24. The molecule has 0 radical (unpaired) electrons. The van der Waals surface area contributed by atoms with Crippen molar-refractivity contribution < 1.29 is 19.2 Å². The monoisotopic (exact) mass is 766 g/mol. The van der Waals surface area contributed by atoms with Gasteiger partial charge in [-0.2, -0.15) is 0 Å². The number of allylic oxidation sites excluding steroid dienone is 4. The molecule has 0 saturated carbocycles. The van der Waals surface area contributed by atoms with Crippen molar-refractivity contribution in [2.45, 2.75) is 50.1 Å². The fourth-order valence-corrected chi connectivity index (χ4v) is 8.24. The van der Waals surface area contributed by atoms with Gasteiger partial charge in [0.1, 0.15) is 12.1 Å². The first-order valence-electron chi connectivity index (χ1n) is 20.1. The van der Waals surface area contributed by atoms with E-state index >= 15 is 0 Å². The molecule has 8 heteroatoms. The van der Waals surface area contributed by atoms with Crippen molar-refractivity contribution in [1.82, 2.24) is 9.80 Å². The normalized spacial score (nSPS) is 18.7. The van der Waals surface area contributed by atoms with E-state index in [-0.39, 0.29) is 29.5 Å². The average Bonchev–Trinajstić information content (AvgIpc) is 3.99. The van der Waals surface area contributed by atoms with Gasteiger partial charge in [-0.15, -0.1) is 0 Å². The number of amides is 4. The quantitative estimate of drug-likeness (QED) is 0.138. The molecule has 2 fully saturated rings. The Hall–Kier alpha value is -6.80. The van der Waals surface area contributed by atoms with Gasteiger partial charge in [0.2, 0.25) is 11.8 Å². The number of nitrogens with zero attached hydrogens (tertiary/aromatic N) is 2. The molecule has 5 aromatic rings. The maximum absolute atomic E-state index is 13.8. The maximum atomic E-state index is 13.8. The molecule has 8 nitrogen and oxygen atoms in total. The standard InChI is InChI=1S/C50H46N4O4/c55-47(45-21-11-33-53(45)49(57)43-19-9-7-17-41(43)37-13-3-1-4-14-37)51-39-29-25-35(26-30-39)23-24-36-27-31-40(32-28-36)52-48(56)46-22-12-34-54(46)50(58)44-20-10-8-18-42(44)38-15-5-2-6-16-38/h1-10,13-15,17-20,23-32,38,45-46H,11-12,16,21-22,33-34H2,(H,51,55)(H,52,56)/b24-23+/t38?,45-,46-/m0/s1. The third-order valence-electron chi connectivity index (χ3n) is 11.3. The zero-order chi connectivity index (χ0) is 39.8. The molecule has 5 aromatic carbocycles. The lowest BCUT2D eigenvalue weighted by molar-refractivity contribution is -0.120. The van der Waals surface area contributed by atoms with Crippen molar-refractivity contribution in [2.24, 2.45) is 0 Å². The van der Waals surface area contributed by atoms with Crippen LogP contribution in [-0.2, 0) is 9.59 Å². The number of hydrogen-bond acceptors (Lipinski definition) is 4. The molecule has 0 spiro atoms. The van der Waals surface area contributed by atoms with Gasteiger partial charge in [0, 0.05) is 41.5 Å². The summed E-state index contributed by atoms with van der Waals surface area (Å²) in [7, 11) is 0. The van der Waals surface area contributed by atoms with Gasteiger partial charge in [0.15, 0.2) is 0 Å². The van der Waals surface area contributed by atoms with Gasteiger partial charge in [-0.1, -0.05) is 127 Å². The zero-order valence-electron chi connectivity index (χ0n) is 32.3. The summed E-state index contributed by atoms with van der Waals surface area (Å²) >= 11 is 0. The summed E-state index contributed by atoms with van der Waals surface area (Å²) in [4.78, 5) is 58.0. The topological polar surface area (TPSA) is 98.8 Å². The van der Waals surface area contributed by atoms with Crippen molar-refractivity contribution in [2.75, 3.05) is 23.7 Å². The van der Waals surface area contributed by atoms with Gasteiger partial charge >= 0.3 is 0 Å². The summed E-state index contributed by atoms with van der Waals surface area (Å²) in [6, 6.07) is 39.3. The van der Waals surface area contributed by atoms with E-state index in [1.807, 2.05) is 152 Å². The molecule has 1 unspecified atom stereocenters. The molecule has 2 saturated heterocycles. The lowest BCUT2D eigenvalue weighted by Crippen LogP contribution is -2.43. The molecule has 2 heterocycles. The summed E-state index contributed by atoms with van der Waals surface area (Å²) in [6.07, 6.45) is 15.9. The van der Waals surface area contributed by atoms with E-state index in [0.717, 1.165) is 47.1 Å². The molecule has 1 aliphatic carbocycles. The summed E-state index contributed by atoms with van der Waals surface area (Å²) in [6.45, 7) is 1.08. The molecule has 58 heavy (non-hydrogen) atoms. The molecule has 3 aliphatic rings. The molecular weight excluding hydrogens is 721 g/mol. The third kappa shape index (κ3) is 8.47. The largest absolute Gasteiger partial charge is 0.327 e. The minimum atomic E-state index is -0.549. The maximum Gasteiger partial charge on any atom is 0.255 e. The minimum absolute atomic E-state index is 0.0966. The Morgan fingerprint density at radius 1 is 0.552 bits per heavy atom. The molecule has 2 aliphatic heterocycles. The summed E-state index contributed by atoms with van der Waals surface area (Å²) in [5.74, 6) is -0.465. The molecule has 290 valence electrons. The molecule has 4 amide bonds. The van der Waals surface area contributed by atoms with Crippen LogP contribution >= 0.6 is 0 Å². The van der Waals surface area contributed by atoms with Crippen molar-refractivity contribution in [3.8, 4) is 11.1 Å². The smallest absolute Gasteiger partial charge is 0.255 e. The van der Waals surface area contributed by atoms with Gasteiger partial charge in [0.25, 0.3) is 11.8 Å². The van der Waals surface area contributed by atoms with Gasteiger partial charge in [-0.3, -0.25) is 19.2 Å². The Morgan fingerprint density at radius 3 is 1.64 bits per heavy atom. The number of carbonyl (C=O) groups excluding carboxylic acids is 4. The lowest BCUT2D eigenvalue weighted by Gasteiger charge is -2.26. The lowest BCUT2D eigenvalue weighted by atomic mass is 9.88. The Balaban J connectivity index is 0.852. The van der Waals surface area contributed by atoms with Crippen molar-refractivity contribution >= 4 is 47.2 Å². The highest BCUT2D eigenvalue weighted by Crippen LogP contribution is 2.31. The predicted octanol–water partition coefficient (Wildman–Crippen LogP) is 9.61. The van der Waals surface area contributed by atoms with Gasteiger partial charge in [-0.05, 0) is 96.3 Å². The Morgan fingerprint density at radius 2 is 1.07 bits per heavy atom. The van der Waals surface area contributed by atoms with Crippen molar-refractivity contribution in [3.05, 3.63) is 180 Å². The Kier molecular flexibility index (Phi) is 11.5. The molecule has 0 aromatic heterocycles. The van der Waals surface area contributed by atoms with Gasteiger partial charge in [0.05, 0.1) is 0 Å². The number of rotatable bonds is 10. The fraction of sp³-hybridized carbons (Fsp3) is 0.200. The number of hydrogen-bond donors (Lipinski definition) is 2. The van der Waals surface area contributed by atoms with Crippen LogP contribution in [0.4, 0.5) is 11.4 Å². The van der Waals surface area contributed by atoms with Crippen molar-refractivity contribution in [3.63, 3.8) is 0 Å². The average molecular weight is 767 g/mol. The minimum Gasteiger partial charge on any atom is -0.327 e. The molecular formula is C50H46N4O4. The van der Waals surface area contributed by atoms with Crippen molar-refractivity contribution in [1.29, 1.82) is 0 Å². The summed E-state index contributed by atoms with van der Waals surface area (Å²) < 4.78 is 0. The van der Waals surface area contributed by atoms with Crippen LogP contribution in [0.2, 0.25) is 0 Å². The zero-order valence-corrected chi connectivity index (χ0v) is 32.3. The molecule has 8 rings (SSSR count). The summed E-state index contributed by atoms with van der Waals surface area (Å²) in [5, 5.41) is 6.06. The Labute approximate surface area is 339 Å². The van der Waals surface area contributed by atoms with E-state index in [1.165, 1.54) is 0 Å². The predicted molar refractivity (Wildman–Crippen MR) is 231 cm³/mol. The van der Waals surface area contributed by atoms with Crippen LogP contribution in [-0.4, -0.2) is 58.6 Å². The highest BCUT2D eigenvalue weighted by atomic mass is 16.2. The van der Waals surface area contributed by atoms with Crippen LogP contribution in [0.15, 0.2) is 152 Å². The third-order valence-corrected chi connectivity index (χ3v) is 11.3. The van der Waals surface area contributed by atoms with E-state index in [1.54, 1.807) is 9.80 Å². The van der Waals surface area contributed by atoms with Crippen LogP contribution in [0.5, 0.6) is 0 Å². The van der Waals surface area contributed by atoms with Crippen LogP contribution in [0.1, 0.15) is 75.4 Å². The molecule has 3 atom stereocenters. The second-order valence-corrected chi connectivity index (χ2v) is 15.0. The second-order valence-electron chi connectivity index (χ2n) is 15.0. The van der Waals surface area contributed by atoms with Gasteiger partial charge in [-0.25, -0.2) is 0 Å². The van der Waals surface area contributed by atoms with Crippen LogP contribution in [0.3, 0.4) is 0 Å². The first-order valence-corrected chi connectivity index (χ1v) is 20.1. The molecule has 2 N–H and O–H groups in total. The van der Waals surface area contributed by atoms with E-state index in [4.69, 9.17) is 0 Å². The number of nitrogens with one attached hydrogen (secondary N) is 2. The second kappa shape index (κ2) is 17.6. The van der Waals surface area contributed by atoms with Crippen LogP contribution < -0.4 is 10.6 Å². The number of anilines is 2. The molecule has 0 bridgehead atoms. The number of likely N-dealkylation sites (tertiary alicyclic amines) is 2. The van der Waals surface area contributed by atoms with E-state index in [2.05, 4.69) is 22.8 Å². The van der Waals surface area contributed by atoms with E-state index < -0.39 is 12.1 Å². The number of benzene rings is 5. The summed E-state index contributed by atoms with van der Waals surface area (Å²) in [5.41, 5.74) is 7.31. The first-order chi connectivity index (χ1) is 28.4. The number of carbonyl (C=O) groups is 4. The Bertz CT molecular complexity index is 2380. The van der Waals surface area contributed by atoms with Crippen LogP contribution in [0.25, 0.3) is 23.3 Å². The highest BCUT2D eigenvalue weighted by Gasteiger charge is 2.37. The first kappa shape index (κ1) is 38.1. The van der Waals surface area contributed by atoms with E-state index in [9.17, 15) is 19.2 Å². The van der Waals surface area contributed by atoms with E-state index in [0.29, 0.717) is 48.4 Å². The van der Waals surface area contributed by atoms with Crippen LogP contribution in [0, 0.1) is 0 Å². The van der Waals surface area contributed by atoms with Gasteiger partial charge < -0.3 is 20.4 Å².